The Morgan fingerprint density at radius 3 is 1.50 bits per heavy atom. The molecule has 0 aromatic heterocycles. The van der Waals surface area contributed by atoms with E-state index in [0.717, 1.165) is 0 Å². The van der Waals surface area contributed by atoms with E-state index in [1.807, 2.05) is 0 Å². The quantitative estimate of drug-likeness (QED) is 0.486. The number of hydrogen-bond acceptors (Lipinski definition) is 2. The Bertz CT molecular complexity index is 54.4. The van der Waals surface area contributed by atoms with E-state index in [-0.39, 0.29) is 0 Å². The molecule has 0 fully saturated rings. The zero-order valence-corrected chi connectivity index (χ0v) is 4.84. The molecule has 0 radical (unpaired) electrons. The van der Waals surface area contributed by atoms with Gasteiger partial charge in [0.1, 0.15) is 0 Å². The summed E-state index contributed by atoms with van der Waals surface area (Å²) in [6.07, 6.45) is 0. The maximum absolute atomic E-state index is 9.06. The molecule has 0 N–H and O–H groups in total. The normalized spacial score (nSPS) is 6.25. The van der Waals surface area contributed by atoms with Crippen LogP contribution in [0.15, 0.2) is 0 Å². The fourth-order valence-electron chi connectivity index (χ4n) is 0. The van der Waals surface area contributed by atoms with Gasteiger partial charge in [0.15, 0.2) is 0 Å². The molecule has 0 aromatic rings. The predicted octanol–water partition coefficient (Wildman–Crippen LogP) is 0.606. The van der Waals surface area contributed by atoms with Crippen LogP contribution in [0, 0.1) is 0 Å². The molecule has 0 amide bonds. The van der Waals surface area contributed by atoms with Crippen LogP contribution in [-0.2, 0) is 22.4 Å². The van der Waals surface area contributed by atoms with Crippen LogP contribution in [0.1, 0.15) is 0 Å². The van der Waals surface area contributed by atoms with Gasteiger partial charge in [0.2, 0.25) is 0 Å². The van der Waals surface area contributed by atoms with Gasteiger partial charge in [0.25, 0.3) is 0 Å². The molecule has 0 aliphatic carbocycles. The van der Waals surface area contributed by atoms with E-state index in [1.54, 1.807) is 0 Å². The molecule has 0 rings (SSSR count). The summed E-state index contributed by atoms with van der Waals surface area (Å²) >= 11 is -0.694. The second-order valence-electron chi connectivity index (χ2n) is 0.238. The van der Waals surface area contributed by atoms with Crippen molar-refractivity contribution in [3.8, 4) is 0 Å². The summed E-state index contributed by atoms with van der Waals surface area (Å²) in [7, 11) is 0. The molecule has 0 atom stereocenters. The van der Waals surface area contributed by atoms with Crippen LogP contribution in [-0.4, -0.2) is 0 Å². The van der Waals surface area contributed by atoms with Crippen LogP contribution in [0.25, 0.3) is 0 Å². The average molecular weight is 160 g/mol. The summed E-state index contributed by atoms with van der Waals surface area (Å²) in [6, 6.07) is 0. The molecule has 0 saturated heterocycles. The van der Waals surface area contributed by atoms with Gasteiger partial charge in [-0.2, -0.15) is 0 Å². The summed E-state index contributed by atoms with van der Waals surface area (Å²) < 4.78 is 18.1. The Kier molecular flexibility index (Phi) is 2.47. The summed E-state index contributed by atoms with van der Waals surface area (Å²) in [5, 5.41) is 0. The zero-order valence-electron chi connectivity index (χ0n) is 1.69. The first-order chi connectivity index (χ1) is 1.73. The van der Waals surface area contributed by atoms with Gasteiger partial charge in [-0.25, -0.2) is 0 Å². The summed E-state index contributed by atoms with van der Waals surface area (Å²) in [5.41, 5.74) is 0. The molecular weight excluding hydrogens is 160 g/mol. The third-order valence-corrected chi connectivity index (χ3v) is 0. The van der Waals surface area contributed by atoms with Crippen LogP contribution >= 0.6 is 13.2 Å². The Hall–Kier alpha value is 0.794. The van der Waals surface area contributed by atoms with Gasteiger partial charge in [-0.05, 0) is 0 Å². The molecule has 0 bridgehead atoms. The van der Waals surface area contributed by atoms with E-state index in [2.05, 4.69) is 13.2 Å². The van der Waals surface area contributed by atoms with E-state index in [0.29, 0.717) is 0 Å². The standard InChI is InChI=1S/BrH.2O.Ti/h1H;;;/q;;;+1/p-1. The minimum atomic E-state index is -3.02. The molecule has 0 aromatic carbocycles. The summed E-state index contributed by atoms with van der Waals surface area (Å²) in [6.45, 7) is 0. The van der Waals surface area contributed by atoms with Crippen molar-refractivity contribution in [2.45, 2.75) is 0 Å². The van der Waals surface area contributed by atoms with E-state index >= 15 is 0 Å². The van der Waals surface area contributed by atoms with Crippen molar-refractivity contribution in [2.24, 2.45) is 0 Å². The number of rotatable bonds is 0. The van der Waals surface area contributed by atoms with E-state index < -0.39 is 15.7 Å². The Morgan fingerprint density at radius 1 is 1.50 bits per heavy atom. The molecule has 4 heavy (non-hydrogen) atoms. The fraction of sp³-hybridized carbons (Fsp3) is 0. The second kappa shape index (κ2) is 2.06. The van der Waals surface area contributed by atoms with Gasteiger partial charge in [0, 0.05) is 0 Å². The zero-order chi connectivity index (χ0) is 3.58. The molecule has 0 spiro atoms. The summed E-state index contributed by atoms with van der Waals surface area (Å²) in [4.78, 5) is 0. The van der Waals surface area contributed by atoms with Gasteiger partial charge >= 0.3 is 35.5 Å². The van der Waals surface area contributed by atoms with Crippen molar-refractivity contribution in [2.75, 3.05) is 0 Å². The fourth-order valence-corrected chi connectivity index (χ4v) is 0. The van der Waals surface area contributed by atoms with E-state index in [4.69, 9.17) is 6.65 Å². The maximum atomic E-state index is 9.06. The van der Waals surface area contributed by atoms with E-state index in [1.165, 1.54) is 0 Å². The van der Waals surface area contributed by atoms with Gasteiger partial charge in [-0.1, -0.05) is 0 Å². The molecule has 2 nitrogen and oxygen atoms in total. The number of hydrogen-bond donors (Lipinski definition) is 0. The minimum absolute atomic E-state index is 2.33. The molecule has 0 aliphatic heterocycles. The van der Waals surface area contributed by atoms with Gasteiger partial charge in [0.05, 0.1) is 0 Å². The monoisotopic (exact) mass is 159 g/mol. The number of halogens is 1. The molecule has 4 heteroatoms. The SMILES string of the molecule is [O]=[Ti](=[O])[Br]. The van der Waals surface area contributed by atoms with Crippen molar-refractivity contribution in [3.05, 3.63) is 0 Å². The molecular formula is BrO2Ti. The second-order valence-corrected chi connectivity index (χ2v) is 3.65. The topological polar surface area (TPSA) is 34.1 Å². The first-order valence-corrected chi connectivity index (χ1v) is 5.73. The summed E-state index contributed by atoms with van der Waals surface area (Å²) in [5.74, 6) is 0. The van der Waals surface area contributed by atoms with Crippen molar-refractivity contribution in [1.29, 1.82) is 0 Å². The average Bonchev–Trinajstić information content (AvgIpc) is 0.811. The Labute approximate surface area is 35.7 Å². The molecule has 0 aliphatic rings. The molecule has 0 saturated carbocycles. The first kappa shape index (κ1) is 4.79. The predicted molar refractivity (Wildman–Crippen MR) is 10.3 cm³/mol. The van der Waals surface area contributed by atoms with Crippen LogP contribution in [0.4, 0.5) is 0 Å². The third-order valence-electron chi connectivity index (χ3n) is 0. The van der Waals surface area contributed by atoms with Crippen molar-refractivity contribution >= 4 is 13.2 Å². The molecule has 23 valence electrons. The Morgan fingerprint density at radius 2 is 1.50 bits per heavy atom. The van der Waals surface area contributed by atoms with Gasteiger partial charge < -0.3 is 0 Å². The van der Waals surface area contributed by atoms with Crippen LogP contribution in [0.3, 0.4) is 0 Å². The van der Waals surface area contributed by atoms with Crippen molar-refractivity contribution in [1.82, 2.24) is 0 Å². The van der Waals surface area contributed by atoms with Crippen LogP contribution in [0.2, 0.25) is 0 Å². The Balaban J connectivity index is 3.51. The van der Waals surface area contributed by atoms with Crippen molar-refractivity contribution < 1.29 is 22.4 Å². The van der Waals surface area contributed by atoms with Gasteiger partial charge in [-0.15, -0.1) is 0 Å². The van der Waals surface area contributed by atoms with E-state index in [9.17, 15) is 0 Å². The van der Waals surface area contributed by atoms with Crippen molar-refractivity contribution in [3.63, 3.8) is 0 Å². The van der Waals surface area contributed by atoms with Crippen LogP contribution < -0.4 is 0 Å². The molecule has 0 heterocycles. The van der Waals surface area contributed by atoms with Crippen LogP contribution in [0.5, 0.6) is 0 Å². The molecule has 0 unspecified atom stereocenters. The van der Waals surface area contributed by atoms with Gasteiger partial charge in [-0.3, -0.25) is 0 Å². The third kappa shape index (κ3) is 14.3. The first-order valence-electron chi connectivity index (χ1n) is 0.597.